The van der Waals surface area contributed by atoms with E-state index in [9.17, 15) is 0 Å². The third-order valence-electron chi connectivity index (χ3n) is 8.55. The topological polar surface area (TPSA) is 16.1 Å². The Balaban J connectivity index is 1.37. The van der Waals surface area contributed by atoms with E-state index in [1.54, 1.807) is 0 Å². The quantitative estimate of drug-likeness (QED) is 0.240. The highest BCUT2D eigenvalue weighted by Gasteiger charge is 2.38. The summed E-state index contributed by atoms with van der Waals surface area (Å²) < 4.78 is 0. The van der Waals surface area contributed by atoms with Gasteiger partial charge in [-0.1, -0.05) is 66.7 Å². The monoisotopic (exact) mass is 446 g/mol. The number of hydrogen-bond donors (Lipinski definition) is 0. The van der Waals surface area contributed by atoms with E-state index in [2.05, 4.69) is 83.8 Å². The highest BCUT2D eigenvalue weighted by atomic mass is 15.2. The SMILES string of the molecule is c1ccc2c(c1)Cc1c-2ccc2c1N1c3cccnc3Cc3cc4c(c(c31)C2)-c1ccccc1C4. The van der Waals surface area contributed by atoms with Crippen molar-refractivity contribution in [3.63, 3.8) is 0 Å². The van der Waals surface area contributed by atoms with Crippen molar-refractivity contribution in [2.45, 2.75) is 25.7 Å². The number of anilines is 3. The first-order valence-corrected chi connectivity index (χ1v) is 12.6. The molecule has 9 rings (SSSR count). The van der Waals surface area contributed by atoms with Crippen molar-refractivity contribution >= 4 is 17.1 Å². The van der Waals surface area contributed by atoms with E-state index in [0.717, 1.165) is 25.7 Å². The number of fused-ring (bicyclic) bond motifs is 12. The van der Waals surface area contributed by atoms with Gasteiger partial charge < -0.3 is 4.90 Å². The number of benzene rings is 4. The van der Waals surface area contributed by atoms with Gasteiger partial charge in [0.25, 0.3) is 0 Å². The molecule has 0 fully saturated rings. The minimum absolute atomic E-state index is 0.906. The predicted octanol–water partition coefficient (Wildman–Crippen LogP) is 7.50. The first kappa shape index (κ1) is 18.2. The Bertz CT molecular complexity index is 1760. The van der Waals surface area contributed by atoms with Gasteiger partial charge in [-0.05, 0) is 79.8 Å². The molecule has 35 heavy (non-hydrogen) atoms. The Kier molecular flexibility index (Phi) is 3.27. The van der Waals surface area contributed by atoms with E-state index in [1.165, 1.54) is 84.0 Å². The molecular formula is C33H22N2. The number of hydrogen-bond acceptors (Lipinski definition) is 2. The summed E-state index contributed by atoms with van der Waals surface area (Å²) in [5, 5.41) is 0. The van der Waals surface area contributed by atoms with Crippen molar-refractivity contribution in [3.05, 3.63) is 130 Å². The molecule has 2 nitrogen and oxygen atoms in total. The molecule has 0 radical (unpaired) electrons. The molecule has 0 atom stereocenters. The zero-order chi connectivity index (χ0) is 22.7. The number of pyridine rings is 1. The van der Waals surface area contributed by atoms with Crippen LogP contribution in [0, 0.1) is 0 Å². The summed E-state index contributed by atoms with van der Waals surface area (Å²) in [6, 6.07) is 29.5. The fourth-order valence-corrected chi connectivity index (χ4v) is 7.20. The van der Waals surface area contributed by atoms with E-state index in [4.69, 9.17) is 4.98 Å². The third-order valence-corrected chi connectivity index (χ3v) is 8.55. The van der Waals surface area contributed by atoms with Crippen LogP contribution < -0.4 is 4.90 Å². The third kappa shape index (κ3) is 2.23. The Morgan fingerprint density at radius 3 is 2.23 bits per heavy atom. The van der Waals surface area contributed by atoms with Crippen LogP contribution in [0.3, 0.4) is 0 Å². The molecule has 0 saturated heterocycles. The minimum Gasteiger partial charge on any atom is -0.307 e. The zero-order valence-corrected chi connectivity index (χ0v) is 19.3. The van der Waals surface area contributed by atoms with Gasteiger partial charge >= 0.3 is 0 Å². The molecule has 4 aliphatic rings. The second-order valence-electron chi connectivity index (χ2n) is 10.3. The molecule has 5 aromatic rings. The molecule has 0 amide bonds. The maximum Gasteiger partial charge on any atom is 0.0688 e. The van der Waals surface area contributed by atoms with Crippen LogP contribution >= 0.6 is 0 Å². The molecule has 1 aromatic heterocycles. The first-order valence-electron chi connectivity index (χ1n) is 12.6. The van der Waals surface area contributed by atoms with Crippen molar-refractivity contribution in [2.24, 2.45) is 0 Å². The highest BCUT2D eigenvalue weighted by Crippen LogP contribution is 2.57. The van der Waals surface area contributed by atoms with Crippen LogP contribution in [0.2, 0.25) is 0 Å². The number of aromatic nitrogens is 1. The molecule has 0 spiro atoms. The van der Waals surface area contributed by atoms with E-state index < -0.39 is 0 Å². The van der Waals surface area contributed by atoms with Gasteiger partial charge in [-0.2, -0.15) is 0 Å². The van der Waals surface area contributed by atoms with Gasteiger partial charge in [0.1, 0.15) is 0 Å². The molecule has 2 heteroatoms. The molecule has 4 aromatic carbocycles. The van der Waals surface area contributed by atoms with Crippen molar-refractivity contribution in [1.29, 1.82) is 0 Å². The fraction of sp³-hybridized carbons (Fsp3) is 0.121. The minimum atomic E-state index is 0.906. The van der Waals surface area contributed by atoms with Crippen LogP contribution in [-0.2, 0) is 25.7 Å². The maximum atomic E-state index is 4.87. The molecule has 3 heterocycles. The van der Waals surface area contributed by atoms with Gasteiger partial charge in [-0.3, -0.25) is 4.98 Å². The Hall–Kier alpha value is -4.17. The van der Waals surface area contributed by atoms with Gasteiger partial charge in [0.05, 0.1) is 22.8 Å². The lowest BCUT2D eigenvalue weighted by Crippen LogP contribution is -2.27. The van der Waals surface area contributed by atoms with Crippen molar-refractivity contribution in [1.82, 2.24) is 4.98 Å². The van der Waals surface area contributed by atoms with Crippen LogP contribution in [0.15, 0.2) is 85.1 Å². The van der Waals surface area contributed by atoms with E-state index >= 15 is 0 Å². The van der Waals surface area contributed by atoms with Crippen LogP contribution in [0.1, 0.15) is 44.6 Å². The van der Waals surface area contributed by atoms with E-state index in [-0.39, 0.29) is 0 Å². The molecule has 0 N–H and O–H groups in total. The lowest BCUT2D eigenvalue weighted by atomic mass is 9.81. The largest absolute Gasteiger partial charge is 0.307 e. The molecule has 0 bridgehead atoms. The summed E-state index contributed by atoms with van der Waals surface area (Å²) in [5.41, 5.74) is 21.1. The number of rotatable bonds is 0. The van der Waals surface area contributed by atoms with Crippen LogP contribution in [0.5, 0.6) is 0 Å². The Labute approximate surface area is 204 Å². The van der Waals surface area contributed by atoms with Gasteiger partial charge in [0.15, 0.2) is 0 Å². The van der Waals surface area contributed by atoms with Gasteiger partial charge in [-0.25, -0.2) is 0 Å². The van der Waals surface area contributed by atoms with Gasteiger partial charge in [0.2, 0.25) is 0 Å². The van der Waals surface area contributed by atoms with Crippen LogP contribution in [0.4, 0.5) is 17.1 Å². The van der Waals surface area contributed by atoms with E-state index in [0.29, 0.717) is 0 Å². The van der Waals surface area contributed by atoms with Gasteiger partial charge in [-0.15, -0.1) is 0 Å². The fourth-order valence-electron chi connectivity index (χ4n) is 7.20. The first-order chi connectivity index (χ1) is 17.3. The lowest BCUT2D eigenvalue weighted by molar-refractivity contribution is 0.961. The second-order valence-corrected chi connectivity index (χ2v) is 10.3. The summed E-state index contributed by atoms with van der Waals surface area (Å²) in [6.45, 7) is 0. The van der Waals surface area contributed by atoms with Crippen molar-refractivity contribution < 1.29 is 0 Å². The van der Waals surface area contributed by atoms with Crippen molar-refractivity contribution in [2.75, 3.05) is 4.90 Å². The highest BCUT2D eigenvalue weighted by molar-refractivity contribution is 5.98. The van der Waals surface area contributed by atoms with Crippen LogP contribution in [0.25, 0.3) is 22.3 Å². The molecule has 164 valence electrons. The van der Waals surface area contributed by atoms with Crippen LogP contribution in [-0.4, -0.2) is 4.98 Å². The molecule has 0 unspecified atom stereocenters. The number of nitrogens with zero attached hydrogens (tertiary/aromatic N) is 2. The molecule has 2 aliphatic heterocycles. The van der Waals surface area contributed by atoms with Crippen molar-refractivity contribution in [3.8, 4) is 22.3 Å². The predicted molar refractivity (Wildman–Crippen MR) is 141 cm³/mol. The Morgan fingerprint density at radius 2 is 1.31 bits per heavy atom. The summed E-state index contributed by atoms with van der Waals surface area (Å²) >= 11 is 0. The second kappa shape index (κ2) is 6.28. The standard InChI is InChI=1S/C33H22N2/c1-3-8-24-20(7-1)16-27-26(24)12-11-21-17-28-31-22(14-19-6-2-4-9-25(19)31)15-23-18-29-30(10-5-13-34-29)35(32(21)27)33(23)28/h1-13,15H,14,16-18H2. The average Bonchev–Trinajstić information content (AvgIpc) is 3.46. The normalized spacial score (nSPS) is 14.9. The Morgan fingerprint density at radius 1 is 0.543 bits per heavy atom. The average molecular weight is 447 g/mol. The summed E-state index contributed by atoms with van der Waals surface area (Å²) in [4.78, 5) is 7.45. The zero-order valence-electron chi connectivity index (χ0n) is 19.3. The summed E-state index contributed by atoms with van der Waals surface area (Å²) in [6.07, 6.45) is 5.88. The van der Waals surface area contributed by atoms with Gasteiger partial charge in [0, 0.05) is 25.5 Å². The molecule has 2 aliphatic carbocycles. The van der Waals surface area contributed by atoms with E-state index in [1.807, 2.05) is 6.20 Å². The summed E-state index contributed by atoms with van der Waals surface area (Å²) in [5.74, 6) is 0. The molecule has 0 saturated carbocycles. The maximum absolute atomic E-state index is 4.87. The molecular weight excluding hydrogens is 424 g/mol. The summed E-state index contributed by atoms with van der Waals surface area (Å²) in [7, 11) is 0. The smallest absolute Gasteiger partial charge is 0.0688 e. The lowest BCUT2D eigenvalue weighted by Gasteiger charge is -2.41.